The van der Waals surface area contributed by atoms with Gasteiger partial charge in [-0.05, 0) is 35.7 Å². The summed E-state index contributed by atoms with van der Waals surface area (Å²) in [4.78, 5) is 17.6. The standard InChI is InChI=1S/C12H11ClN4O3/c13-12-15-7-10(17(19)20)11(16-12)14-6-5-8-1-3-9(18)4-2-8/h1-4,7,18H,5-6H2,(H,14,15,16). The zero-order chi connectivity index (χ0) is 14.5. The van der Waals surface area contributed by atoms with Gasteiger partial charge in [0.25, 0.3) is 0 Å². The lowest BCUT2D eigenvalue weighted by molar-refractivity contribution is -0.384. The maximum absolute atomic E-state index is 10.8. The van der Waals surface area contributed by atoms with Crippen molar-refractivity contribution < 1.29 is 10.0 Å². The molecule has 0 spiro atoms. The van der Waals surface area contributed by atoms with Gasteiger partial charge < -0.3 is 10.4 Å². The summed E-state index contributed by atoms with van der Waals surface area (Å²) in [6.45, 7) is 0.443. The summed E-state index contributed by atoms with van der Waals surface area (Å²) in [5.74, 6) is 0.286. The Labute approximate surface area is 119 Å². The largest absolute Gasteiger partial charge is 0.508 e. The van der Waals surface area contributed by atoms with Crippen molar-refractivity contribution in [3.63, 3.8) is 0 Å². The van der Waals surface area contributed by atoms with E-state index in [0.29, 0.717) is 13.0 Å². The Hall–Kier alpha value is -2.41. The predicted molar refractivity (Wildman–Crippen MR) is 74.0 cm³/mol. The van der Waals surface area contributed by atoms with Gasteiger partial charge in [0.15, 0.2) is 0 Å². The van der Waals surface area contributed by atoms with Gasteiger partial charge >= 0.3 is 5.69 Å². The second-order valence-electron chi connectivity index (χ2n) is 3.97. The van der Waals surface area contributed by atoms with E-state index in [0.717, 1.165) is 11.8 Å². The van der Waals surface area contributed by atoms with E-state index in [1.807, 2.05) is 0 Å². The van der Waals surface area contributed by atoms with Gasteiger partial charge in [0.05, 0.1) is 4.92 Å². The summed E-state index contributed by atoms with van der Waals surface area (Å²) in [7, 11) is 0. The average Bonchev–Trinajstić information content (AvgIpc) is 2.41. The molecule has 2 N–H and O–H groups in total. The first-order valence-electron chi connectivity index (χ1n) is 5.75. The van der Waals surface area contributed by atoms with Gasteiger partial charge in [-0.2, -0.15) is 4.98 Å². The first kappa shape index (κ1) is 14.0. The normalized spacial score (nSPS) is 10.2. The molecule has 0 aliphatic heterocycles. The summed E-state index contributed by atoms with van der Waals surface area (Å²) in [5.41, 5.74) is 0.762. The third kappa shape index (κ3) is 3.55. The van der Waals surface area contributed by atoms with Crippen LogP contribution in [0.1, 0.15) is 5.56 Å². The molecule has 20 heavy (non-hydrogen) atoms. The lowest BCUT2D eigenvalue weighted by atomic mass is 10.1. The summed E-state index contributed by atoms with van der Waals surface area (Å²) in [6, 6.07) is 6.72. The van der Waals surface area contributed by atoms with E-state index >= 15 is 0 Å². The van der Waals surface area contributed by atoms with Crippen molar-refractivity contribution in [2.75, 3.05) is 11.9 Å². The number of hydrogen-bond donors (Lipinski definition) is 2. The fourth-order valence-corrected chi connectivity index (χ4v) is 1.74. The van der Waals surface area contributed by atoms with Gasteiger partial charge in [0.1, 0.15) is 11.9 Å². The first-order valence-corrected chi connectivity index (χ1v) is 6.13. The number of hydrogen-bond acceptors (Lipinski definition) is 6. The number of benzene rings is 1. The highest BCUT2D eigenvalue weighted by molar-refractivity contribution is 6.28. The molecule has 0 amide bonds. The Kier molecular flexibility index (Phi) is 4.31. The number of nitrogens with one attached hydrogen (secondary N) is 1. The van der Waals surface area contributed by atoms with E-state index in [4.69, 9.17) is 16.7 Å². The monoisotopic (exact) mass is 294 g/mol. The molecule has 0 bridgehead atoms. The molecular weight excluding hydrogens is 284 g/mol. The molecule has 0 radical (unpaired) electrons. The van der Waals surface area contributed by atoms with Crippen molar-refractivity contribution in [3.8, 4) is 5.75 Å². The van der Waals surface area contributed by atoms with Crippen LogP contribution in [0.4, 0.5) is 11.5 Å². The summed E-state index contributed by atoms with van der Waals surface area (Å²) < 4.78 is 0. The van der Waals surface area contributed by atoms with E-state index < -0.39 is 4.92 Å². The fraction of sp³-hybridized carbons (Fsp3) is 0.167. The smallest absolute Gasteiger partial charge is 0.329 e. The molecule has 0 saturated carbocycles. The number of phenols is 1. The number of phenolic OH excluding ortho intramolecular Hbond substituents is 1. The highest BCUT2D eigenvalue weighted by atomic mass is 35.5. The van der Waals surface area contributed by atoms with Crippen molar-refractivity contribution >= 4 is 23.1 Å². The van der Waals surface area contributed by atoms with E-state index in [1.54, 1.807) is 24.3 Å². The molecular formula is C12H11ClN4O3. The van der Waals surface area contributed by atoms with Crippen molar-refractivity contribution in [2.24, 2.45) is 0 Å². The van der Waals surface area contributed by atoms with E-state index in [9.17, 15) is 10.1 Å². The molecule has 1 heterocycles. The molecule has 0 unspecified atom stereocenters. The number of halogens is 1. The highest BCUT2D eigenvalue weighted by Crippen LogP contribution is 2.21. The Morgan fingerprint density at radius 3 is 2.70 bits per heavy atom. The van der Waals surface area contributed by atoms with Gasteiger partial charge in [-0.15, -0.1) is 0 Å². The minimum absolute atomic E-state index is 0.0530. The molecule has 0 aliphatic rings. The summed E-state index contributed by atoms with van der Waals surface area (Å²) in [6.07, 6.45) is 1.69. The van der Waals surface area contributed by atoms with Crippen molar-refractivity contribution in [1.82, 2.24) is 9.97 Å². The average molecular weight is 295 g/mol. The summed E-state index contributed by atoms with van der Waals surface area (Å²) >= 11 is 5.62. The molecule has 0 fully saturated rings. The van der Waals surface area contributed by atoms with Crippen LogP contribution in [0.25, 0.3) is 0 Å². The molecule has 2 rings (SSSR count). The SMILES string of the molecule is O=[N+]([O-])c1cnc(Cl)nc1NCCc1ccc(O)cc1. The molecule has 7 nitrogen and oxygen atoms in total. The van der Waals surface area contributed by atoms with Crippen LogP contribution in [0.5, 0.6) is 5.75 Å². The third-order valence-corrected chi connectivity index (χ3v) is 2.76. The highest BCUT2D eigenvalue weighted by Gasteiger charge is 2.16. The Balaban J connectivity index is 2.02. The minimum Gasteiger partial charge on any atom is -0.508 e. The maximum Gasteiger partial charge on any atom is 0.329 e. The van der Waals surface area contributed by atoms with Crippen LogP contribution in [0.2, 0.25) is 5.28 Å². The molecule has 1 aromatic heterocycles. The molecule has 8 heteroatoms. The molecule has 0 atom stereocenters. The molecule has 1 aromatic carbocycles. The second kappa shape index (κ2) is 6.16. The van der Waals surface area contributed by atoms with Crippen molar-refractivity contribution in [3.05, 3.63) is 51.4 Å². The Morgan fingerprint density at radius 1 is 1.35 bits per heavy atom. The molecule has 0 saturated heterocycles. The zero-order valence-corrected chi connectivity index (χ0v) is 11.0. The van der Waals surface area contributed by atoms with Crippen LogP contribution in [-0.2, 0) is 6.42 Å². The molecule has 0 aliphatic carbocycles. The number of nitrogens with zero attached hydrogens (tertiary/aromatic N) is 3. The van der Waals surface area contributed by atoms with Gasteiger partial charge in [-0.25, -0.2) is 4.98 Å². The number of nitro groups is 1. The van der Waals surface area contributed by atoms with Crippen LogP contribution in [0, 0.1) is 10.1 Å². The third-order valence-electron chi connectivity index (χ3n) is 2.58. The minimum atomic E-state index is -0.570. The van der Waals surface area contributed by atoms with Gasteiger partial charge in [0, 0.05) is 6.54 Å². The zero-order valence-electron chi connectivity index (χ0n) is 10.3. The van der Waals surface area contributed by atoms with Crippen LogP contribution < -0.4 is 5.32 Å². The first-order chi connectivity index (χ1) is 9.56. The lowest BCUT2D eigenvalue weighted by Gasteiger charge is -2.06. The van der Waals surface area contributed by atoms with Crippen LogP contribution in [-0.4, -0.2) is 26.5 Å². The number of aromatic nitrogens is 2. The van der Waals surface area contributed by atoms with E-state index in [-0.39, 0.29) is 22.5 Å². The molecule has 2 aromatic rings. The second-order valence-corrected chi connectivity index (χ2v) is 4.31. The summed E-state index contributed by atoms with van der Waals surface area (Å²) in [5, 5.41) is 22.8. The van der Waals surface area contributed by atoms with Gasteiger partial charge in [0.2, 0.25) is 11.1 Å². The predicted octanol–water partition coefficient (Wildman–Crippen LogP) is 2.40. The van der Waals surface area contributed by atoms with Crippen LogP contribution in [0.15, 0.2) is 30.5 Å². The quantitative estimate of drug-likeness (QED) is 0.499. The van der Waals surface area contributed by atoms with Crippen LogP contribution >= 0.6 is 11.6 Å². The fourth-order valence-electron chi connectivity index (χ4n) is 1.61. The van der Waals surface area contributed by atoms with Gasteiger partial charge in [-0.3, -0.25) is 10.1 Å². The number of anilines is 1. The van der Waals surface area contributed by atoms with Gasteiger partial charge in [-0.1, -0.05) is 12.1 Å². The Bertz CT molecular complexity index is 619. The molecule has 104 valence electrons. The van der Waals surface area contributed by atoms with Crippen molar-refractivity contribution in [1.29, 1.82) is 0 Å². The Morgan fingerprint density at radius 2 is 2.05 bits per heavy atom. The number of rotatable bonds is 5. The maximum atomic E-state index is 10.8. The van der Waals surface area contributed by atoms with Crippen LogP contribution in [0.3, 0.4) is 0 Å². The van der Waals surface area contributed by atoms with E-state index in [1.165, 1.54) is 0 Å². The van der Waals surface area contributed by atoms with Crippen molar-refractivity contribution in [2.45, 2.75) is 6.42 Å². The lowest BCUT2D eigenvalue weighted by Crippen LogP contribution is -2.09. The number of aromatic hydroxyl groups is 1. The van der Waals surface area contributed by atoms with E-state index in [2.05, 4.69) is 15.3 Å². The topological polar surface area (TPSA) is 101 Å².